The van der Waals surface area contributed by atoms with Gasteiger partial charge in [-0.15, -0.1) is 11.3 Å². The van der Waals surface area contributed by atoms with Gasteiger partial charge in [0.25, 0.3) is 0 Å². The molecule has 72 valence electrons. The van der Waals surface area contributed by atoms with E-state index >= 15 is 0 Å². The van der Waals surface area contributed by atoms with E-state index < -0.39 is 6.10 Å². The third-order valence-electron chi connectivity index (χ3n) is 2.15. The SMILES string of the molecule is Cc1ccc(C(O)c2ccccc2)s1. The van der Waals surface area contributed by atoms with Crippen LogP contribution in [-0.4, -0.2) is 5.11 Å². The van der Waals surface area contributed by atoms with Crippen molar-refractivity contribution in [2.45, 2.75) is 13.0 Å². The predicted molar refractivity (Wildman–Crippen MR) is 59.6 cm³/mol. The summed E-state index contributed by atoms with van der Waals surface area (Å²) in [4.78, 5) is 2.24. The van der Waals surface area contributed by atoms with Crippen LogP contribution in [0.25, 0.3) is 0 Å². The number of aliphatic hydroxyl groups is 1. The molecule has 1 heterocycles. The van der Waals surface area contributed by atoms with Crippen LogP contribution in [0.3, 0.4) is 0 Å². The fourth-order valence-corrected chi connectivity index (χ4v) is 2.29. The summed E-state index contributed by atoms with van der Waals surface area (Å²) < 4.78 is 0. The Hall–Kier alpha value is -1.12. The van der Waals surface area contributed by atoms with Gasteiger partial charge in [-0.1, -0.05) is 30.3 Å². The van der Waals surface area contributed by atoms with Gasteiger partial charge in [-0.2, -0.15) is 0 Å². The minimum absolute atomic E-state index is 0.477. The van der Waals surface area contributed by atoms with Crippen LogP contribution >= 0.6 is 11.3 Å². The first-order valence-electron chi connectivity index (χ1n) is 4.57. The fraction of sp³-hybridized carbons (Fsp3) is 0.167. The first-order valence-corrected chi connectivity index (χ1v) is 5.38. The fourth-order valence-electron chi connectivity index (χ4n) is 1.40. The number of thiophene rings is 1. The summed E-state index contributed by atoms with van der Waals surface area (Å²) in [5.74, 6) is 0. The van der Waals surface area contributed by atoms with E-state index in [1.54, 1.807) is 11.3 Å². The molecule has 0 amide bonds. The Bertz CT molecular complexity index is 405. The molecule has 0 spiro atoms. The molecule has 1 aromatic heterocycles. The maximum Gasteiger partial charge on any atom is 0.113 e. The lowest BCUT2D eigenvalue weighted by atomic mass is 10.1. The maximum atomic E-state index is 10.0. The van der Waals surface area contributed by atoms with Gasteiger partial charge < -0.3 is 5.11 Å². The molecule has 0 saturated carbocycles. The number of rotatable bonds is 2. The Labute approximate surface area is 87.7 Å². The van der Waals surface area contributed by atoms with Crippen LogP contribution in [0, 0.1) is 6.92 Å². The zero-order valence-electron chi connectivity index (χ0n) is 7.97. The molecule has 0 aliphatic rings. The molecular weight excluding hydrogens is 192 g/mol. The van der Waals surface area contributed by atoms with Crippen LogP contribution in [-0.2, 0) is 0 Å². The van der Waals surface area contributed by atoms with Crippen LogP contribution in [0.4, 0.5) is 0 Å². The Morgan fingerprint density at radius 1 is 1.07 bits per heavy atom. The molecule has 1 atom stereocenters. The Morgan fingerprint density at radius 3 is 2.36 bits per heavy atom. The Morgan fingerprint density at radius 2 is 1.79 bits per heavy atom. The molecule has 0 fully saturated rings. The van der Waals surface area contributed by atoms with Crippen LogP contribution in [0.5, 0.6) is 0 Å². The van der Waals surface area contributed by atoms with Crippen molar-refractivity contribution < 1.29 is 5.11 Å². The second-order valence-electron chi connectivity index (χ2n) is 3.26. The third kappa shape index (κ3) is 1.86. The molecule has 2 heteroatoms. The molecule has 1 aromatic carbocycles. The van der Waals surface area contributed by atoms with Gasteiger partial charge in [0, 0.05) is 9.75 Å². The van der Waals surface area contributed by atoms with Gasteiger partial charge in [-0.25, -0.2) is 0 Å². The summed E-state index contributed by atoms with van der Waals surface area (Å²) in [5, 5.41) is 10.0. The minimum atomic E-state index is -0.477. The van der Waals surface area contributed by atoms with E-state index in [-0.39, 0.29) is 0 Å². The van der Waals surface area contributed by atoms with Crippen molar-refractivity contribution in [2.75, 3.05) is 0 Å². The van der Waals surface area contributed by atoms with E-state index in [1.165, 1.54) is 4.88 Å². The van der Waals surface area contributed by atoms with Crippen molar-refractivity contribution >= 4 is 11.3 Å². The number of benzene rings is 1. The summed E-state index contributed by atoms with van der Waals surface area (Å²) in [7, 11) is 0. The average Bonchev–Trinajstić information content (AvgIpc) is 2.65. The monoisotopic (exact) mass is 204 g/mol. The largest absolute Gasteiger partial charge is 0.383 e. The van der Waals surface area contributed by atoms with E-state index in [1.807, 2.05) is 49.4 Å². The molecule has 2 rings (SSSR count). The van der Waals surface area contributed by atoms with Gasteiger partial charge in [-0.05, 0) is 24.6 Å². The molecule has 1 unspecified atom stereocenters. The molecule has 0 aliphatic carbocycles. The molecule has 0 aliphatic heterocycles. The van der Waals surface area contributed by atoms with E-state index in [0.29, 0.717) is 0 Å². The van der Waals surface area contributed by atoms with Gasteiger partial charge in [0.05, 0.1) is 0 Å². The summed E-state index contributed by atoms with van der Waals surface area (Å²) in [6, 6.07) is 13.7. The van der Waals surface area contributed by atoms with Crippen molar-refractivity contribution in [3.63, 3.8) is 0 Å². The normalized spacial score (nSPS) is 12.7. The second-order valence-corrected chi connectivity index (χ2v) is 4.58. The van der Waals surface area contributed by atoms with Crippen molar-refractivity contribution in [2.24, 2.45) is 0 Å². The van der Waals surface area contributed by atoms with Crippen LogP contribution < -0.4 is 0 Å². The first kappa shape index (κ1) is 9.44. The van der Waals surface area contributed by atoms with Crippen LogP contribution in [0.15, 0.2) is 42.5 Å². The van der Waals surface area contributed by atoms with Gasteiger partial charge >= 0.3 is 0 Å². The van der Waals surface area contributed by atoms with Gasteiger partial charge in [-0.3, -0.25) is 0 Å². The predicted octanol–water partition coefficient (Wildman–Crippen LogP) is 3.14. The molecule has 1 N–H and O–H groups in total. The minimum Gasteiger partial charge on any atom is -0.383 e. The lowest BCUT2D eigenvalue weighted by molar-refractivity contribution is 0.224. The van der Waals surface area contributed by atoms with E-state index in [2.05, 4.69) is 0 Å². The number of aliphatic hydroxyl groups excluding tert-OH is 1. The molecule has 2 aromatic rings. The zero-order valence-corrected chi connectivity index (χ0v) is 8.79. The van der Waals surface area contributed by atoms with Crippen LogP contribution in [0.2, 0.25) is 0 Å². The smallest absolute Gasteiger partial charge is 0.113 e. The Balaban J connectivity index is 2.29. The van der Waals surface area contributed by atoms with Crippen molar-refractivity contribution in [1.29, 1.82) is 0 Å². The topological polar surface area (TPSA) is 20.2 Å². The first-order chi connectivity index (χ1) is 6.77. The van der Waals surface area contributed by atoms with E-state index in [4.69, 9.17) is 0 Å². The number of hydrogen-bond donors (Lipinski definition) is 1. The second kappa shape index (κ2) is 3.95. The zero-order chi connectivity index (χ0) is 9.97. The molecule has 1 nitrogen and oxygen atoms in total. The van der Waals surface area contributed by atoms with Crippen molar-refractivity contribution in [3.05, 3.63) is 57.8 Å². The summed E-state index contributed by atoms with van der Waals surface area (Å²) in [5.41, 5.74) is 0.953. The summed E-state index contributed by atoms with van der Waals surface area (Å²) in [6.07, 6.45) is -0.477. The van der Waals surface area contributed by atoms with Gasteiger partial charge in [0.15, 0.2) is 0 Å². The highest BCUT2D eigenvalue weighted by Gasteiger charge is 2.10. The highest BCUT2D eigenvalue weighted by molar-refractivity contribution is 7.12. The molecule has 0 radical (unpaired) electrons. The molecule has 0 saturated heterocycles. The van der Waals surface area contributed by atoms with Crippen molar-refractivity contribution in [3.8, 4) is 0 Å². The van der Waals surface area contributed by atoms with E-state index in [0.717, 1.165) is 10.4 Å². The average molecular weight is 204 g/mol. The molecular formula is C12H12OS. The maximum absolute atomic E-state index is 10.0. The summed E-state index contributed by atoms with van der Waals surface area (Å²) >= 11 is 1.64. The van der Waals surface area contributed by atoms with Gasteiger partial charge in [0.1, 0.15) is 6.10 Å². The van der Waals surface area contributed by atoms with Crippen molar-refractivity contribution in [1.82, 2.24) is 0 Å². The van der Waals surface area contributed by atoms with E-state index in [9.17, 15) is 5.11 Å². The summed E-state index contributed by atoms with van der Waals surface area (Å²) in [6.45, 7) is 2.05. The molecule has 0 bridgehead atoms. The number of aryl methyl sites for hydroxylation is 1. The molecule has 14 heavy (non-hydrogen) atoms. The lowest BCUT2D eigenvalue weighted by Gasteiger charge is -2.07. The lowest BCUT2D eigenvalue weighted by Crippen LogP contribution is -1.95. The third-order valence-corrected chi connectivity index (χ3v) is 3.20. The Kier molecular flexibility index (Phi) is 2.66. The number of hydrogen-bond acceptors (Lipinski definition) is 2. The highest BCUT2D eigenvalue weighted by Crippen LogP contribution is 2.27. The van der Waals surface area contributed by atoms with Crippen LogP contribution in [0.1, 0.15) is 21.4 Å². The van der Waals surface area contributed by atoms with Gasteiger partial charge in [0.2, 0.25) is 0 Å². The quantitative estimate of drug-likeness (QED) is 0.796. The standard InChI is InChI=1S/C12H12OS/c1-9-7-8-11(14-9)12(13)10-5-3-2-4-6-10/h2-8,12-13H,1H3. The highest BCUT2D eigenvalue weighted by atomic mass is 32.1.